The molecule has 0 amide bonds. The molecule has 2 nitrogen and oxygen atoms in total. The molecule has 1 heterocycles. The van der Waals surface area contributed by atoms with Crippen LogP contribution in [0.1, 0.15) is 6.42 Å². The summed E-state index contributed by atoms with van der Waals surface area (Å²) < 4.78 is 30.7. The van der Waals surface area contributed by atoms with Gasteiger partial charge in [-0.3, -0.25) is 0 Å². The van der Waals surface area contributed by atoms with E-state index in [9.17, 15) is 8.78 Å². The topological polar surface area (TPSA) is 21.3 Å². The third-order valence-corrected chi connectivity index (χ3v) is 2.16. The van der Waals surface area contributed by atoms with Gasteiger partial charge in [0.25, 0.3) is 0 Å². The first-order valence-electron chi connectivity index (χ1n) is 4.54. The molecular weight excluding hydrogens is 188 g/mol. The lowest BCUT2D eigenvalue weighted by atomic mass is 10.2. The molecule has 0 spiro atoms. The zero-order valence-corrected chi connectivity index (χ0v) is 7.59. The second kappa shape index (κ2) is 3.92. The molecule has 0 bridgehead atoms. The fourth-order valence-electron chi connectivity index (χ4n) is 1.52. The van der Waals surface area contributed by atoms with Crippen LogP contribution in [0.15, 0.2) is 18.2 Å². The quantitative estimate of drug-likeness (QED) is 0.788. The van der Waals surface area contributed by atoms with Gasteiger partial charge in [-0.15, -0.1) is 0 Å². The molecule has 1 N–H and O–H groups in total. The smallest absolute Gasteiger partial charge is 0.128 e. The molecule has 1 saturated heterocycles. The van der Waals surface area contributed by atoms with Crippen molar-refractivity contribution < 1.29 is 13.5 Å². The summed E-state index contributed by atoms with van der Waals surface area (Å²) in [6, 6.07) is 3.58. The summed E-state index contributed by atoms with van der Waals surface area (Å²) in [7, 11) is 0. The zero-order chi connectivity index (χ0) is 9.97. The number of hydrogen-bond acceptors (Lipinski definition) is 2. The Kier molecular flexibility index (Phi) is 2.63. The summed E-state index contributed by atoms with van der Waals surface area (Å²) >= 11 is 0. The Morgan fingerprint density at radius 1 is 1.21 bits per heavy atom. The molecule has 0 radical (unpaired) electrons. The molecule has 1 aromatic carbocycles. The normalized spacial score (nSPS) is 21.1. The van der Waals surface area contributed by atoms with Crippen LogP contribution < -0.4 is 5.32 Å². The van der Waals surface area contributed by atoms with E-state index in [0.717, 1.165) is 12.5 Å². The van der Waals surface area contributed by atoms with E-state index in [0.29, 0.717) is 18.9 Å². The largest absolute Gasteiger partial charge is 0.380 e. The maximum Gasteiger partial charge on any atom is 0.128 e. The summed E-state index contributed by atoms with van der Waals surface area (Å²) in [6.45, 7) is 1.30. The maximum absolute atomic E-state index is 12.8. The molecule has 76 valence electrons. The van der Waals surface area contributed by atoms with Gasteiger partial charge in [-0.25, -0.2) is 8.78 Å². The lowest BCUT2D eigenvalue weighted by Gasteiger charge is -2.11. The predicted octanol–water partition coefficient (Wildman–Crippen LogP) is 2.17. The number of nitrogens with one attached hydrogen (secondary N) is 1. The zero-order valence-electron chi connectivity index (χ0n) is 7.59. The van der Waals surface area contributed by atoms with Crippen molar-refractivity contribution in [1.82, 2.24) is 0 Å². The molecular formula is C10H11F2NO. The lowest BCUT2D eigenvalue weighted by Crippen LogP contribution is -2.18. The first-order valence-corrected chi connectivity index (χ1v) is 4.54. The molecule has 14 heavy (non-hydrogen) atoms. The van der Waals surface area contributed by atoms with Gasteiger partial charge < -0.3 is 10.1 Å². The van der Waals surface area contributed by atoms with Crippen molar-refractivity contribution in [2.24, 2.45) is 0 Å². The molecule has 1 aliphatic heterocycles. The van der Waals surface area contributed by atoms with Crippen molar-refractivity contribution in [1.29, 1.82) is 0 Å². The van der Waals surface area contributed by atoms with E-state index in [1.54, 1.807) is 0 Å². The third-order valence-electron chi connectivity index (χ3n) is 2.16. The number of ether oxygens (including phenoxy) is 1. The lowest BCUT2D eigenvalue weighted by molar-refractivity contribution is 0.195. The Labute approximate surface area is 80.9 Å². The summed E-state index contributed by atoms with van der Waals surface area (Å²) in [5, 5.41) is 3.02. The van der Waals surface area contributed by atoms with E-state index < -0.39 is 11.6 Å². The van der Waals surface area contributed by atoms with E-state index in [1.807, 2.05) is 0 Å². The Bertz CT molecular complexity index is 304. The molecule has 1 atom stereocenters. The Morgan fingerprint density at radius 2 is 1.93 bits per heavy atom. The average Bonchev–Trinajstić information content (AvgIpc) is 2.54. The second-order valence-electron chi connectivity index (χ2n) is 3.36. The highest BCUT2D eigenvalue weighted by Gasteiger charge is 2.15. The first kappa shape index (κ1) is 9.40. The SMILES string of the molecule is Fc1cc(F)cc(NC2CCOC2)c1. The number of hydrogen-bond donors (Lipinski definition) is 1. The Hall–Kier alpha value is -1.16. The molecule has 0 aliphatic carbocycles. The standard InChI is InChI=1S/C10H11F2NO/c11-7-3-8(12)5-10(4-7)13-9-1-2-14-6-9/h3-5,9,13H,1-2,6H2. The van der Waals surface area contributed by atoms with E-state index in [4.69, 9.17) is 4.74 Å². The maximum atomic E-state index is 12.8. The summed E-state index contributed by atoms with van der Waals surface area (Å²) in [6.07, 6.45) is 0.873. The summed E-state index contributed by atoms with van der Waals surface area (Å²) in [4.78, 5) is 0. The van der Waals surface area contributed by atoms with E-state index >= 15 is 0 Å². The number of benzene rings is 1. The average molecular weight is 199 g/mol. The molecule has 1 aliphatic rings. The highest BCUT2D eigenvalue weighted by atomic mass is 19.1. The Balaban J connectivity index is 2.07. The van der Waals surface area contributed by atoms with Crippen molar-refractivity contribution in [2.45, 2.75) is 12.5 Å². The molecule has 1 aromatic rings. The second-order valence-corrected chi connectivity index (χ2v) is 3.36. The van der Waals surface area contributed by atoms with Gasteiger partial charge in [-0.1, -0.05) is 0 Å². The van der Waals surface area contributed by atoms with E-state index in [-0.39, 0.29) is 6.04 Å². The number of rotatable bonds is 2. The fraction of sp³-hybridized carbons (Fsp3) is 0.400. The van der Waals surface area contributed by atoms with Crippen LogP contribution in [-0.4, -0.2) is 19.3 Å². The Morgan fingerprint density at radius 3 is 2.50 bits per heavy atom. The summed E-state index contributed by atoms with van der Waals surface area (Å²) in [5.74, 6) is -1.13. The monoisotopic (exact) mass is 199 g/mol. The van der Waals surface area contributed by atoms with Gasteiger partial charge >= 0.3 is 0 Å². The highest BCUT2D eigenvalue weighted by Crippen LogP contribution is 2.16. The van der Waals surface area contributed by atoms with Crippen molar-refractivity contribution >= 4 is 5.69 Å². The number of halogens is 2. The number of anilines is 1. The van der Waals surface area contributed by atoms with E-state index in [2.05, 4.69) is 5.32 Å². The van der Waals surface area contributed by atoms with Crippen LogP contribution in [-0.2, 0) is 4.74 Å². The van der Waals surface area contributed by atoms with Gasteiger partial charge in [0.2, 0.25) is 0 Å². The van der Waals surface area contributed by atoms with Crippen LogP contribution in [0, 0.1) is 11.6 Å². The molecule has 0 aromatic heterocycles. The molecule has 2 rings (SSSR count). The van der Waals surface area contributed by atoms with Crippen LogP contribution in [0.25, 0.3) is 0 Å². The van der Waals surface area contributed by atoms with E-state index in [1.165, 1.54) is 12.1 Å². The highest BCUT2D eigenvalue weighted by molar-refractivity contribution is 5.44. The van der Waals surface area contributed by atoms with Gasteiger partial charge in [0.15, 0.2) is 0 Å². The van der Waals surface area contributed by atoms with Crippen molar-refractivity contribution in [3.63, 3.8) is 0 Å². The molecule has 1 unspecified atom stereocenters. The van der Waals surface area contributed by atoms with Crippen LogP contribution in [0.4, 0.5) is 14.5 Å². The van der Waals surface area contributed by atoms with Gasteiger partial charge in [0.05, 0.1) is 12.6 Å². The van der Waals surface area contributed by atoms with Crippen molar-refractivity contribution in [3.05, 3.63) is 29.8 Å². The predicted molar refractivity (Wildman–Crippen MR) is 49.2 cm³/mol. The van der Waals surface area contributed by atoms with Gasteiger partial charge in [-0.05, 0) is 18.6 Å². The summed E-state index contributed by atoms with van der Waals surface area (Å²) in [5.41, 5.74) is 0.470. The van der Waals surface area contributed by atoms with Crippen LogP contribution >= 0.6 is 0 Å². The van der Waals surface area contributed by atoms with Gasteiger partial charge in [0.1, 0.15) is 11.6 Å². The van der Waals surface area contributed by atoms with Crippen LogP contribution in [0.2, 0.25) is 0 Å². The van der Waals surface area contributed by atoms with Gasteiger partial charge in [-0.2, -0.15) is 0 Å². The first-order chi connectivity index (χ1) is 6.74. The van der Waals surface area contributed by atoms with Crippen molar-refractivity contribution in [3.8, 4) is 0 Å². The minimum absolute atomic E-state index is 0.163. The minimum Gasteiger partial charge on any atom is -0.380 e. The molecule has 1 fully saturated rings. The minimum atomic E-state index is -0.564. The fourth-order valence-corrected chi connectivity index (χ4v) is 1.52. The third kappa shape index (κ3) is 2.20. The van der Waals surface area contributed by atoms with Gasteiger partial charge in [0, 0.05) is 18.4 Å². The van der Waals surface area contributed by atoms with Crippen LogP contribution in [0.5, 0.6) is 0 Å². The molecule has 4 heteroatoms. The molecule has 0 saturated carbocycles. The van der Waals surface area contributed by atoms with Crippen LogP contribution in [0.3, 0.4) is 0 Å². The van der Waals surface area contributed by atoms with Crippen molar-refractivity contribution in [2.75, 3.05) is 18.5 Å².